The van der Waals surface area contributed by atoms with E-state index in [9.17, 15) is 8.42 Å². The molecule has 22 nitrogen and oxygen atoms in total. The zero-order valence-electron chi connectivity index (χ0n) is 66.9. The van der Waals surface area contributed by atoms with Crippen molar-refractivity contribution in [2.75, 3.05) is 84.4 Å². The molecule has 0 bridgehead atoms. The summed E-state index contributed by atoms with van der Waals surface area (Å²) in [7, 11) is -0.405. The maximum absolute atomic E-state index is 12.6. The lowest BCUT2D eigenvalue weighted by Crippen LogP contribution is -2.39. The summed E-state index contributed by atoms with van der Waals surface area (Å²) in [6, 6.07) is 80.8. The van der Waals surface area contributed by atoms with Crippen molar-refractivity contribution in [2.45, 2.75) is 60.5 Å². The van der Waals surface area contributed by atoms with Crippen LogP contribution in [0.5, 0.6) is 11.5 Å². The van der Waals surface area contributed by atoms with Crippen molar-refractivity contribution in [1.82, 2.24) is 54.7 Å². The summed E-state index contributed by atoms with van der Waals surface area (Å²) in [6.45, 7) is 8.15. The molecular weight excluding hydrogens is 1680 g/mol. The minimum absolute atomic E-state index is 0.254. The summed E-state index contributed by atoms with van der Waals surface area (Å²) in [5, 5.41) is 18.0. The molecule has 5 N–H and O–H groups in total. The second kappa shape index (κ2) is 38.9. The molecule has 123 heavy (non-hydrogen) atoms. The Morgan fingerprint density at radius 3 is 1.49 bits per heavy atom. The van der Waals surface area contributed by atoms with Gasteiger partial charge in [-0.1, -0.05) is 163 Å². The molecule has 21 rings (SSSR count). The number of fused-ring (bicyclic) bond motifs is 15. The van der Waals surface area contributed by atoms with Crippen LogP contribution in [0.3, 0.4) is 0 Å². The van der Waals surface area contributed by atoms with E-state index in [4.69, 9.17) is 57.3 Å². The molecule has 0 spiro atoms. The highest BCUT2D eigenvalue weighted by molar-refractivity contribution is 8.00. The average Bonchev–Trinajstić information content (AvgIpc) is 0.737. The Morgan fingerprint density at radius 2 is 0.911 bits per heavy atom. The number of benzene rings is 10. The normalized spacial score (nSPS) is 14.3. The number of sulfonamides is 1. The van der Waals surface area contributed by atoms with Crippen LogP contribution in [0, 0.1) is 0 Å². The molecule has 29 heteroatoms. The van der Waals surface area contributed by atoms with E-state index in [-0.39, 0.29) is 4.90 Å². The standard InChI is InChI=1S/C24H19N3OS.C18H21ClN4OS.C18H15N3OS.C17H12ClN3S.C17H14N4O2S/c1-2-7-17(8-3-1)15-28-20-10-6-9-19(13-20)26-24-25-14-18-16-29-22-12-5-4-11-21(22)23(18)27-24;1-12-15-11-21-18(20-4-5-23-6-8-24-9-7-23)22-17(15)14-10-13(19)2-3-16(14)25-12;1-22-14-6-4-5-13(9-14)20-18-19-10-12-11-23-16-8-3-2-7-15(16)17(12)21-18;18-12-4-3-5-13(8-12)20-17-19-9-11-10-22-15-7-2-1-6-14(15)16(11)21-17;1-21-14-11-18-17(19-12-7-3-2-4-8-12)20-16(14)13-9-5-6-10-15(13)24(21,22)23/h1-14H,15-16H2,(H,25,26,27);2-3,10-12H,4-9H2,1H3,(H,20,21,22);2-10H,11H2,1H3,(H,19,20,21);1-9H,10H2,(H,19,20,21);2-11H,1H3,(H,18,19,20). The van der Waals surface area contributed by atoms with Gasteiger partial charge in [0.05, 0.1) is 59.9 Å². The van der Waals surface area contributed by atoms with Crippen molar-refractivity contribution in [2.24, 2.45) is 0 Å². The van der Waals surface area contributed by atoms with Crippen LogP contribution in [0.1, 0.15) is 40.0 Å². The SMILES string of the molecule is CC1Sc2ccc(Cl)cc2-c2nc(NCCN3CCOCC3)ncc21.CN1c2cnc(Nc3ccccc3)nc2-c2ccccc2S1(=O)=O.COc1cccc(Nc2ncc3c(n2)-c2ccccc2SC3)c1.Clc1cccc(Nc2ncc3c(n2)-c2ccccc2SC3)c1.c1ccc(COc2cccc(Nc3ncc4c(n3)-c3ccccc3SC4)c2)cc1. The molecule has 616 valence electrons. The number of hydrogen-bond donors (Lipinski definition) is 5. The highest BCUT2D eigenvalue weighted by Gasteiger charge is 2.34. The van der Waals surface area contributed by atoms with Crippen molar-refractivity contribution < 1.29 is 22.6 Å². The van der Waals surface area contributed by atoms with Crippen LogP contribution in [-0.2, 0) is 38.6 Å². The molecular formula is C94H81Cl2N17O5S5. The first-order valence-electron chi connectivity index (χ1n) is 39.6. The van der Waals surface area contributed by atoms with Crippen LogP contribution in [0.25, 0.3) is 56.3 Å². The molecule has 0 amide bonds. The summed E-state index contributed by atoms with van der Waals surface area (Å²) in [6.07, 6.45) is 9.21. The van der Waals surface area contributed by atoms with Gasteiger partial charge in [0.25, 0.3) is 10.0 Å². The van der Waals surface area contributed by atoms with Gasteiger partial charge in [0.1, 0.15) is 23.8 Å². The quantitative estimate of drug-likeness (QED) is 0.0602. The maximum atomic E-state index is 12.6. The molecule has 10 aromatic carbocycles. The lowest BCUT2D eigenvalue weighted by atomic mass is 10.0. The van der Waals surface area contributed by atoms with Gasteiger partial charge in [-0.15, -0.1) is 47.0 Å². The van der Waals surface area contributed by atoms with Gasteiger partial charge in [-0.2, -0.15) is 0 Å². The minimum atomic E-state index is -3.57. The number of nitrogens with zero attached hydrogens (tertiary/aromatic N) is 12. The third-order valence-electron chi connectivity index (χ3n) is 20.4. The van der Waals surface area contributed by atoms with Gasteiger partial charge in [-0.05, 0) is 110 Å². The Balaban J connectivity index is 0.000000109. The van der Waals surface area contributed by atoms with E-state index in [0.717, 1.165) is 130 Å². The lowest BCUT2D eigenvalue weighted by molar-refractivity contribution is 0.0398. The van der Waals surface area contributed by atoms with E-state index >= 15 is 0 Å². The van der Waals surface area contributed by atoms with Gasteiger partial charge >= 0.3 is 0 Å². The Morgan fingerprint density at radius 1 is 0.447 bits per heavy atom. The number of ether oxygens (including phenoxy) is 3. The molecule has 0 saturated carbocycles. The van der Waals surface area contributed by atoms with Crippen LogP contribution in [0.2, 0.25) is 10.0 Å². The number of para-hydroxylation sites is 1. The second-order valence-corrected chi connectivity index (χ2v) is 35.9. The lowest BCUT2D eigenvalue weighted by Gasteiger charge is -2.28. The van der Waals surface area contributed by atoms with Gasteiger partial charge in [0.2, 0.25) is 29.7 Å². The van der Waals surface area contributed by atoms with Crippen molar-refractivity contribution in [3.05, 3.63) is 318 Å². The molecule has 0 aliphatic carbocycles. The molecule has 1 unspecified atom stereocenters. The predicted molar refractivity (Wildman–Crippen MR) is 498 cm³/mol. The third kappa shape index (κ3) is 20.1. The number of rotatable bonds is 16. The first-order chi connectivity index (χ1) is 60.2. The van der Waals surface area contributed by atoms with E-state index in [1.54, 1.807) is 31.4 Å². The highest BCUT2D eigenvalue weighted by Crippen LogP contribution is 2.50. The van der Waals surface area contributed by atoms with Crippen LogP contribution >= 0.6 is 70.2 Å². The number of nitrogens with one attached hydrogen (secondary N) is 5. The van der Waals surface area contributed by atoms with Gasteiger partial charge in [0.15, 0.2) is 0 Å². The van der Waals surface area contributed by atoms with Gasteiger partial charge < -0.3 is 40.8 Å². The van der Waals surface area contributed by atoms with E-state index in [1.807, 2.05) is 217 Å². The Hall–Kier alpha value is -12.2. The number of hydrogen-bond acceptors (Lipinski definition) is 25. The summed E-state index contributed by atoms with van der Waals surface area (Å²) >= 11 is 19.5. The largest absolute Gasteiger partial charge is 0.497 e. The van der Waals surface area contributed by atoms with Gasteiger partial charge in [0, 0.05) is 195 Å². The minimum Gasteiger partial charge on any atom is -0.497 e. The van der Waals surface area contributed by atoms with E-state index in [0.29, 0.717) is 63.6 Å². The van der Waals surface area contributed by atoms with Crippen LogP contribution in [0.4, 0.5) is 58.2 Å². The number of methoxy groups -OCH3 is 1. The Bertz CT molecular complexity index is 6430. The van der Waals surface area contributed by atoms with Crippen molar-refractivity contribution in [3.8, 4) is 67.8 Å². The average molecular weight is 1760 g/mol. The summed E-state index contributed by atoms with van der Waals surface area (Å²) < 4.78 is 43.0. The fraction of sp³-hybridized carbons (Fsp3) is 0.149. The molecule has 6 aliphatic rings. The van der Waals surface area contributed by atoms with Gasteiger partial charge in [-0.3, -0.25) is 9.21 Å². The second-order valence-electron chi connectivity index (χ2n) is 28.6. The summed E-state index contributed by atoms with van der Waals surface area (Å²) in [5.41, 5.74) is 19.6. The first-order valence-corrected chi connectivity index (χ1v) is 45.7. The fourth-order valence-corrected chi connectivity index (χ4v) is 20.1. The van der Waals surface area contributed by atoms with E-state index in [2.05, 4.69) is 147 Å². The summed E-state index contributed by atoms with van der Waals surface area (Å²) in [5.74, 6) is 7.19. The van der Waals surface area contributed by atoms with E-state index in [1.165, 1.54) is 76.1 Å². The van der Waals surface area contributed by atoms with Crippen LogP contribution in [0.15, 0.2) is 304 Å². The number of thioether (sulfide) groups is 4. The topological polar surface area (TPSA) is 257 Å². The Kier molecular flexibility index (Phi) is 26.3. The van der Waals surface area contributed by atoms with Crippen LogP contribution < -0.4 is 40.4 Å². The molecule has 5 aromatic heterocycles. The highest BCUT2D eigenvalue weighted by atomic mass is 35.5. The number of aromatic nitrogens is 10. The monoisotopic (exact) mass is 1760 g/mol. The fourth-order valence-electron chi connectivity index (χ4n) is 14.2. The van der Waals surface area contributed by atoms with Gasteiger partial charge in [-0.25, -0.2) is 58.3 Å². The predicted octanol–water partition coefficient (Wildman–Crippen LogP) is 22.5. The molecule has 6 aliphatic heterocycles. The molecule has 15 aromatic rings. The van der Waals surface area contributed by atoms with E-state index < -0.39 is 10.0 Å². The molecule has 1 fully saturated rings. The molecule has 0 radical (unpaired) electrons. The number of anilines is 10. The first kappa shape index (κ1) is 83.1. The number of halogens is 2. The molecule has 1 atom stereocenters. The van der Waals surface area contributed by atoms with Crippen molar-refractivity contribution >= 4 is 138 Å². The summed E-state index contributed by atoms with van der Waals surface area (Å²) in [4.78, 5) is 53.3. The van der Waals surface area contributed by atoms with Crippen molar-refractivity contribution in [3.63, 3.8) is 0 Å². The van der Waals surface area contributed by atoms with Crippen LogP contribution in [-0.4, -0.2) is 117 Å². The zero-order chi connectivity index (χ0) is 84.0. The molecule has 1 saturated heterocycles. The molecule has 11 heterocycles. The number of morpholine rings is 1. The van der Waals surface area contributed by atoms with Crippen molar-refractivity contribution in [1.29, 1.82) is 0 Å². The smallest absolute Gasteiger partial charge is 0.264 e. The third-order valence-corrected chi connectivity index (χ3v) is 27.3. The zero-order valence-corrected chi connectivity index (χ0v) is 72.5. The maximum Gasteiger partial charge on any atom is 0.264 e. The Labute approximate surface area is 740 Å².